The molecule has 0 aromatic heterocycles. The predicted octanol–water partition coefficient (Wildman–Crippen LogP) is 4.21. The van der Waals surface area contributed by atoms with Gasteiger partial charge in [0.15, 0.2) is 8.32 Å². The molecule has 158 valence electrons. The third kappa shape index (κ3) is 6.84. The Kier molecular flexibility index (Phi) is 8.19. The molecular formula is C20H32O6SSi. The minimum Gasteiger partial charge on any atom is -0.466 e. The van der Waals surface area contributed by atoms with Crippen LogP contribution in [0.25, 0.3) is 0 Å². The van der Waals surface area contributed by atoms with Crippen molar-refractivity contribution in [1.29, 1.82) is 0 Å². The summed E-state index contributed by atoms with van der Waals surface area (Å²) < 4.78 is 41.8. The second-order valence-electron chi connectivity index (χ2n) is 8.29. The van der Waals surface area contributed by atoms with Crippen LogP contribution in [0.5, 0.6) is 0 Å². The Bertz CT molecular complexity index is 791. The lowest BCUT2D eigenvalue weighted by molar-refractivity contribution is -0.134. The molecule has 0 spiro atoms. The van der Waals surface area contributed by atoms with Gasteiger partial charge in [-0.3, -0.25) is 4.18 Å². The number of hydrogen-bond acceptors (Lipinski definition) is 6. The maximum Gasteiger partial charge on any atom is 0.330 e. The van der Waals surface area contributed by atoms with Crippen molar-refractivity contribution in [2.45, 2.75) is 69.9 Å². The average molecular weight is 429 g/mol. The number of aryl methyl sites for hydroxylation is 1. The van der Waals surface area contributed by atoms with E-state index in [1.54, 1.807) is 19.1 Å². The van der Waals surface area contributed by atoms with Crippen molar-refractivity contribution < 1.29 is 26.6 Å². The van der Waals surface area contributed by atoms with Crippen LogP contribution >= 0.6 is 0 Å². The molecule has 6 nitrogen and oxygen atoms in total. The Morgan fingerprint density at radius 1 is 1.14 bits per heavy atom. The lowest BCUT2D eigenvalue weighted by atomic mass is 10.2. The van der Waals surface area contributed by atoms with Crippen molar-refractivity contribution in [3.05, 3.63) is 42.0 Å². The molecule has 0 bridgehead atoms. The summed E-state index contributed by atoms with van der Waals surface area (Å²) in [5, 5.41) is -0.0618. The molecule has 0 aliphatic carbocycles. The van der Waals surface area contributed by atoms with Crippen LogP contribution < -0.4 is 0 Å². The highest BCUT2D eigenvalue weighted by molar-refractivity contribution is 7.86. The van der Waals surface area contributed by atoms with Gasteiger partial charge in [0.05, 0.1) is 18.1 Å². The summed E-state index contributed by atoms with van der Waals surface area (Å²) in [6.07, 6.45) is 0.970. The van der Waals surface area contributed by atoms with Gasteiger partial charge in [-0.05, 0) is 50.2 Å². The molecule has 0 saturated heterocycles. The first kappa shape index (κ1) is 24.6. The van der Waals surface area contributed by atoms with Crippen LogP contribution in [-0.4, -0.2) is 42.0 Å². The van der Waals surface area contributed by atoms with E-state index in [1.165, 1.54) is 25.3 Å². The third-order valence-corrected chi connectivity index (χ3v) is 10.8. The molecule has 0 N–H and O–H groups in total. The SMILES string of the molecule is COC(=O)/C=C/[C@H](OS(=O)(=O)c1ccc(C)cc1)[C@@H](C)O[Si](C)(C)C(C)(C)C. The van der Waals surface area contributed by atoms with E-state index in [-0.39, 0.29) is 9.93 Å². The van der Waals surface area contributed by atoms with Gasteiger partial charge in [-0.2, -0.15) is 8.42 Å². The van der Waals surface area contributed by atoms with E-state index in [0.29, 0.717) is 0 Å². The lowest BCUT2D eigenvalue weighted by Crippen LogP contribution is -2.46. The van der Waals surface area contributed by atoms with Crippen LogP contribution in [0.4, 0.5) is 0 Å². The van der Waals surface area contributed by atoms with E-state index in [2.05, 4.69) is 38.6 Å². The Labute approximate surface area is 170 Å². The second kappa shape index (κ2) is 9.34. The quantitative estimate of drug-likeness (QED) is 0.267. The molecule has 0 aliphatic heterocycles. The Morgan fingerprint density at radius 3 is 2.14 bits per heavy atom. The van der Waals surface area contributed by atoms with Crippen molar-refractivity contribution in [3.8, 4) is 0 Å². The first-order chi connectivity index (χ1) is 12.7. The monoisotopic (exact) mass is 428 g/mol. The smallest absolute Gasteiger partial charge is 0.330 e. The first-order valence-corrected chi connectivity index (χ1v) is 13.5. The molecule has 0 heterocycles. The molecule has 0 fully saturated rings. The van der Waals surface area contributed by atoms with Crippen LogP contribution in [-0.2, 0) is 28.3 Å². The van der Waals surface area contributed by atoms with Crippen molar-refractivity contribution in [3.63, 3.8) is 0 Å². The van der Waals surface area contributed by atoms with Gasteiger partial charge in [0.1, 0.15) is 6.10 Å². The van der Waals surface area contributed by atoms with Gasteiger partial charge < -0.3 is 9.16 Å². The van der Waals surface area contributed by atoms with E-state index < -0.39 is 36.6 Å². The lowest BCUT2D eigenvalue weighted by Gasteiger charge is -2.39. The normalized spacial score (nSPS) is 15.4. The molecule has 28 heavy (non-hydrogen) atoms. The number of ether oxygens (including phenoxy) is 1. The summed E-state index contributed by atoms with van der Waals surface area (Å²) in [7, 11) is -4.97. The number of rotatable bonds is 8. The third-order valence-electron chi connectivity index (χ3n) is 4.92. The Hall–Kier alpha value is -1.48. The fourth-order valence-corrected chi connectivity index (χ4v) is 4.63. The van der Waals surface area contributed by atoms with Gasteiger partial charge >= 0.3 is 5.97 Å². The number of benzene rings is 1. The van der Waals surface area contributed by atoms with Crippen molar-refractivity contribution >= 4 is 24.4 Å². The topological polar surface area (TPSA) is 78.9 Å². The Balaban J connectivity index is 3.16. The minimum absolute atomic E-state index is 0.0501. The number of hydrogen-bond donors (Lipinski definition) is 0. The van der Waals surface area contributed by atoms with E-state index in [4.69, 9.17) is 8.61 Å². The zero-order valence-corrected chi connectivity index (χ0v) is 19.8. The van der Waals surface area contributed by atoms with E-state index in [9.17, 15) is 13.2 Å². The zero-order chi connectivity index (χ0) is 21.8. The molecule has 2 atom stereocenters. The molecule has 0 amide bonds. The summed E-state index contributed by atoms with van der Waals surface area (Å²) in [5.74, 6) is -0.596. The molecule has 0 saturated carbocycles. The molecule has 1 aromatic rings. The highest BCUT2D eigenvalue weighted by Gasteiger charge is 2.40. The molecule has 1 aromatic carbocycles. The standard InChI is InChI=1S/C20H32O6SSi/c1-15-9-11-17(12-10-15)27(22,23)25-18(13-14-19(21)24-6)16(2)26-28(7,8)20(3,4)5/h9-14,16,18H,1-8H3/b14-13+/t16-,18+/m1/s1. The van der Waals surface area contributed by atoms with Crippen LogP contribution in [0.15, 0.2) is 41.3 Å². The number of carbonyl (C=O) groups excluding carboxylic acids is 1. The summed E-state index contributed by atoms with van der Waals surface area (Å²) in [6.45, 7) is 14.0. The largest absolute Gasteiger partial charge is 0.466 e. The maximum atomic E-state index is 12.7. The summed E-state index contributed by atoms with van der Waals surface area (Å²) in [5.41, 5.74) is 0.940. The minimum atomic E-state index is -4.03. The number of carbonyl (C=O) groups is 1. The zero-order valence-electron chi connectivity index (χ0n) is 18.0. The van der Waals surface area contributed by atoms with Crippen molar-refractivity contribution in [1.82, 2.24) is 0 Å². The van der Waals surface area contributed by atoms with Crippen LogP contribution in [0.2, 0.25) is 18.1 Å². The number of methoxy groups -OCH3 is 1. The highest BCUT2D eigenvalue weighted by Crippen LogP contribution is 2.38. The van der Waals surface area contributed by atoms with Gasteiger partial charge in [-0.15, -0.1) is 0 Å². The summed E-state index contributed by atoms with van der Waals surface area (Å²) >= 11 is 0. The fraction of sp³-hybridized carbons (Fsp3) is 0.550. The van der Waals surface area contributed by atoms with Gasteiger partial charge in [-0.1, -0.05) is 38.5 Å². The van der Waals surface area contributed by atoms with Gasteiger partial charge in [0.25, 0.3) is 10.1 Å². The summed E-state index contributed by atoms with van der Waals surface area (Å²) in [4.78, 5) is 11.6. The highest BCUT2D eigenvalue weighted by atomic mass is 32.2. The van der Waals surface area contributed by atoms with Crippen LogP contribution in [0.3, 0.4) is 0 Å². The average Bonchev–Trinajstić information content (AvgIpc) is 2.57. The molecule has 1 rings (SSSR count). The van der Waals surface area contributed by atoms with Gasteiger partial charge in [-0.25, -0.2) is 4.79 Å². The van der Waals surface area contributed by atoms with E-state index in [0.717, 1.165) is 11.6 Å². The van der Waals surface area contributed by atoms with E-state index in [1.807, 2.05) is 6.92 Å². The predicted molar refractivity (Wildman–Crippen MR) is 112 cm³/mol. The fourth-order valence-electron chi connectivity index (χ4n) is 2.12. The van der Waals surface area contributed by atoms with E-state index >= 15 is 0 Å². The van der Waals surface area contributed by atoms with Crippen molar-refractivity contribution in [2.24, 2.45) is 0 Å². The van der Waals surface area contributed by atoms with Crippen LogP contribution in [0.1, 0.15) is 33.3 Å². The molecule has 0 radical (unpaired) electrons. The molecule has 0 unspecified atom stereocenters. The molecule has 0 aliphatic rings. The second-order valence-corrected chi connectivity index (χ2v) is 14.6. The number of esters is 1. The Morgan fingerprint density at radius 2 is 1.68 bits per heavy atom. The van der Waals surface area contributed by atoms with Crippen LogP contribution in [0, 0.1) is 6.92 Å². The molecular weight excluding hydrogens is 396 g/mol. The maximum absolute atomic E-state index is 12.7. The van der Waals surface area contributed by atoms with Crippen molar-refractivity contribution in [2.75, 3.05) is 7.11 Å². The first-order valence-electron chi connectivity index (χ1n) is 9.13. The summed E-state index contributed by atoms with van der Waals surface area (Å²) in [6, 6.07) is 6.38. The van der Waals surface area contributed by atoms with Gasteiger partial charge in [0.2, 0.25) is 0 Å². The molecule has 8 heteroatoms. The van der Waals surface area contributed by atoms with Gasteiger partial charge in [0, 0.05) is 6.08 Å².